The average molecular weight is 519 g/mol. The topological polar surface area (TPSA) is 93.5 Å². The van der Waals surface area contributed by atoms with E-state index in [-0.39, 0.29) is 11.5 Å². The molecule has 0 aliphatic heterocycles. The van der Waals surface area contributed by atoms with Gasteiger partial charge >= 0.3 is 5.97 Å². The first kappa shape index (κ1) is 26.2. The van der Waals surface area contributed by atoms with E-state index in [4.69, 9.17) is 4.74 Å². The summed E-state index contributed by atoms with van der Waals surface area (Å²) in [6.07, 6.45) is 1.52. The quantitative estimate of drug-likeness (QED) is 0.309. The van der Waals surface area contributed by atoms with Gasteiger partial charge in [-0.05, 0) is 55.4 Å². The van der Waals surface area contributed by atoms with E-state index in [1.54, 1.807) is 35.8 Å². The van der Waals surface area contributed by atoms with Crippen molar-refractivity contribution in [3.8, 4) is 0 Å². The second-order valence-electron chi connectivity index (χ2n) is 8.59. The van der Waals surface area contributed by atoms with E-state index < -0.39 is 5.97 Å². The van der Waals surface area contributed by atoms with Gasteiger partial charge in [-0.25, -0.2) is 9.78 Å². The molecule has 0 saturated carbocycles. The van der Waals surface area contributed by atoms with Crippen LogP contribution in [-0.2, 0) is 11.3 Å². The molecule has 0 saturated heterocycles. The maximum Gasteiger partial charge on any atom is 0.338 e. The number of hydrogen-bond acceptors (Lipinski definition) is 7. The number of amides is 1. The van der Waals surface area contributed by atoms with Gasteiger partial charge in [-0.1, -0.05) is 44.2 Å². The second kappa shape index (κ2) is 11.9. The van der Waals surface area contributed by atoms with Crippen LogP contribution in [0.25, 0.3) is 10.2 Å². The van der Waals surface area contributed by atoms with Gasteiger partial charge in [0.1, 0.15) is 11.4 Å². The third-order valence-electron chi connectivity index (χ3n) is 6.23. The zero-order valence-electron chi connectivity index (χ0n) is 21.2. The standard InChI is InChI=1S/C28H30N4O4S/c1-4-31(5-2)15-16-36-28(35)21-11-13-22(14-12-21)30-25(33)24-19(3)23-26(37-24)29-18-32(27(23)34)17-20-9-7-6-8-10-20/h6-14,18H,4-5,15-17H2,1-3H3,(H,30,33). The Labute approximate surface area is 219 Å². The van der Waals surface area contributed by atoms with E-state index in [1.807, 2.05) is 30.3 Å². The van der Waals surface area contributed by atoms with Gasteiger partial charge in [0, 0.05) is 12.2 Å². The molecule has 9 heteroatoms. The molecule has 0 aliphatic carbocycles. The number of nitrogens with zero attached hydrogens (tertiary/aromatic N) is 3. The Bertz CT molecular complexity index is 1440. The molecule has 0 radical (unpaired) electrons. The maximum atomic E-state index is 13.1. The number of nitrogens with one attached hydrogen (secondary N) is 1. The Morgan fingerprint density at radius 3 is 2.43 bits per heavy atom. The molecule has 1 N–H and O–H groups in total. The fraction of sp³-hybridized carbons (Fsp3) is 0.286. The number of aromatic nitrogens is 2. The lowest BCUT2D eigenvalue weighted by Gasteiger charge is -2.17. The van der Waals surface area contributed by atoms with Crippen LogP contribution in [0.2, 0.25) is 0 Å². The lowest BCUT2D eigenvalue weighted by Crippen LogP contribution is -2.27. The van der Waals surface area contributed by atoms with Crippen molar-refractivity contribution in [1.29, 1.82) is 0 Å². The van der Waals surface area contributed by atoms with E-state index in [0.29, 0.717) is 51.6 Å². The van der Waals surface area contributed by atoms with Crippen LogP contribution in [0.5, 0.6) is 0 Å². The molecule has 4 aromatic rings. The number of carbonyl (C=O) groups excluding carboxylic acids is 2. The highest BCUT2D eigenvalue weighted by Crippen LogP contribution is 2.28. The van der Waals surface area contributed by atoms with Crippen LogP contribution in [0, 0.1) is 6.92 Å². The predicted molar refractivity (Wildman–Crippen MR) is 147 cm³/mol. The number of likely N-dealkylation sites (N-methyl/N-ethyl adjacent to an activating group) is 1. The number of fused-ring (bicyclic) bond motifs is 1. The van der Waals surface area contributed by atoms with Crippen molar-refractivity contribution in [1.82, 2.24) is 14.5 Å². The third-order valence-corrected chi connectivity index (χ3v) is 7.43. The normalized spacial score (nSPS) is 11.1. The van der Waals surface area contributed by atoms with E-state index in [2.05, 4.69) is 29.0 Å². The minimum absolute atomic E-state index is 0.175. The van der Waals surface area contributed by atoms with Crippen molar-refractivity contribution in [2.75, 3.05) is 31.6 Å². The number of hydrogen-bond donors (Lipinski definition) is 1. The fourth-order valence-corrected chi connectivity index (χ4v) is 5.07. The minimum Gasteiger partial charge on any atom is -0.461 e. The van der Waals surface area contributed by atoms with Crippen molar-refractivity contribution >= 4 is 39.1 Å². The first-order valence-corrected chi connectivity index (χ1v) is 13.1. The van der Waals surface area contributed by atoms with E-state index in [0.717, 1.165) is 18.7 Å². The molecule has 37 heavy (non-hydrogen) atoms. The molecule has 2 aromatic heterocycles. The molecule has 0 aliphatic rings. The Balaban J connectivity index is 1.44. The van der Waals surface area contributed by atoms with E-state index >= 15 is 0 Å². The number of anilines is 1. The Hall–Kier alpha value is -3.82. The van der Waals surface area contributed by atoms with Gasteiger partial charge < -0.3 is 15.0 Å². The SMILES string of the molecule is CCN(CC)CCOC(=O)c1ccc(NC(=O)c2sc3ncn(Cc4ccccc4)c(=O)c3c2C)cc1. The monoisotopic (exact) mass is 518 g/mol. The summed E-state index contributed by atoms with van der Waals surface area (Å²) < 4.78 is 6.91. The molecule has 4 rings (SSSR count). The van der Waals surface area contributed by atoms with Crippen LogP contribution in [0.1, 0.15) is 45.0 Å². The molecule has 192 valence electrons. The van der Waals surface area contributed by atoms with E-state index in [9.17, 15) is 14.4 Å². The molecular weight excluding hydrogens is 488 g/mol. The summed E-state index contributed by atoms with van der Waals surface area (Å²) in [5.74, 6) is -0.729. The summed E-state index contributed by atoms with van der Waals surface area (Å²) in [7, 11) is 0. The zero-order valence-corrected chi connectivity index (χ0v) is 22.0. The van der Waals surface area contributed by atoms with Gasteiger partial charge in [0.05, 0.1) is 28.7 Å². The molecule has 0 spiro atoms. The largest absolute Gasteiger partial charge is 0.461 e. The van der Waals surface area contributed by atoms with Gasteiger partial charge in [-0.3, -0.25) is 14.2 Å². The van der Waals surface area contributed by atoms with Crippen molar-refractivity contribution in [2.24, 2.45) is 0 Å². The van der Waals surface area contributed by atoms with Crippen LogP contribution < -0.4 is 10.9 Å². The van der Waals surface area contributed by atoms with Gasteiger partial charge in [-0.2, -0.15) is 0 Å². The Morgan fingerprint density at radius 2 is 1.76 bits per heavy atom. The minimum atomic E-state index is -0.400. The highest BCUT2D eigenvalue weighted by Gasteiger charge is 2.20. The second-order valence-corrected chi connectivity index (χ2v) is 9.59. The van der Waals surface area contributed by atoms with Crippen molar-refractivity contribution < 1.29 is 14.3 Å². The molecule has 8 nitrogen and oxygen atoms in total. The Kier molecular flexibility index (Phi) is 8.47. The molecule has 0 atom stereocenters. The van der Waals surface area contributed by atoms with Gasteiger partial charge in [0.25, 0.3) is 11.5 Å². The summed E-state index contributed by atoms with van der Waals surface area (Å²) in [5, 5.41) is 3.30. The van der Waals surface area contributed by atoms with Gasteiger partial charge in [0.2, 0.25) is 0 Å². The van der Waals surface area contributed by atoms with Crippen molar-refractivity contribution in [3.05, 3.63) is 92.8 Å². The molecule has 1 amide bonds. The summed E-state index contributed by atoms with van der Waals surface area (Å²) in [5.41, 5.74) is 2.37. The van der Waals surface area contributed by atoms with Crippen molar-refractivity contribution in [3.63, 3.8) is 0 Å². The van der Waals surface area contributed by atoms with Gasteiger partial charge in [0.15, 0.2) is 0 Å². The molecular formula is C28H30N4O4S. The summed E-state index contributed by atoms with van der Waals surface area (Å²) >= 11 is 1.19. The first-order valence-electron chi connectivity index (χ1n) is 12.2. The average Bonchev–Trinajstić information content (AvgIpc) is 3.26. The summed E-state index contributed by atoms with van der Waals surface area (Å²) in [4.78, 5) is 46.1. The number of rotatable bonds is 10. The van der Waals surface area contributed by atoms with Crippen LogP contribution in [0.15, 0.2) is 65.7 Å². The molecule has 0 unspecified atom stereocenters. The summed E-state index contributed by atoms with van der Waals surface area (Å²) in [6.45, 7) is 9.13. The van der Waals surface area contributed by atoms with Crippen LogP contribution >= 0.6 is 11.3 Å². The smallest absolute Gasteiger partial charge is 0.338 e. The predicted octanol–water partition coefficient (Wildman–Crippen LogP) is 4.57. The van der Waals surface area contributed by atoms with Crippen LogP contribution in [-0.4, -0.2) is 52.6 Å². The molecule has 0 bridgehead atoms. The lowest BCUT2D eigenvalue weighted by atomic mass is 10.2. The van der Waals surface area contributed by atoms with Gasteiger partial charge in [-0.15, -0.1) is 11.3 Å². The number of esters is 1. The fourth-order valence-electron chi connectivity index (χ4n) is 4.04. The third kappa shape index (κ3) is 6.12. The van der Waals surface area contributed by atoms with Crippen LogP contribution in [0.3, 0.4) is 0 Å². The van der Waals surface area contributed by atoms with Crippen LogP contribution in [0.4, 0.5) is 5.69 Å². The van der Waals surface area contributed by atoms with E-state index in [1.165, 1.54) is 17.7 Å². The maximum absolute atomic E-state index is 13.1. The lowest BCUT2D eigenvalue weighted by molar-refractivity contribution is 0.0466. The van der Waals surface area contributed by atoms with Crippen molar-refractivity contribution in [2.45, 2.75) is 27.3 Å². The molecule has 2 aromatic carbocycles. The number of benzene rings is 2. The Morgan fingerprint density at radius 1 is 1.05 bits per heavy atom. The number of ether oxygens (including phenoxy) is 1. The first-order chi connectivity index (χ1) is 17.9. The molecule has 0 fully saturated rings. The number of thiophene rings is 1. The highest BCUT2D eigenvalue weighted by atomic mass is 32.1. The highest BCUT2D eigenvalue weighted by molar-refractivity contribution is 7.20. The molecule has 2 heterocycles. The zero-order chi connectivity index (χ0) is 26.4. The number of carbonyl (C=O) groups is 2. The number of aryl methyl sites for hydroxylation is 1. The summed E-state index contributed by atoms with van der Waals surface area (Å²) in [6, 6.07) is 16.2.